The highest BCUT2D eigenvalue weighted by Crippen LogP contribution is 2.28. The second kappa shape index (κ2) is 10.6. The summed E-state index contributed by atoms with van der Waals surface area (Å²) >= 11 is 0. The molecule has 9 heteroatoms. The number of anilines is 2. The van der Waals surface area contributed by atoms with Crippen LogP contribution in [0.1, 0.15) is 39.0 Å². The molecule has 1 aromatic rings. The summed E-state index contributed by atoms with van der Waals surface area (Å²) in [6, 6.07) is 4.63. The van der Waals surface area contributed by atoms with Gasteiger partial charge in [-0.15, -0.1) is 0 Å². The number of rotatable bonds is 9. The quantitative estimate of drug-likeness (QED) is 0.373. The number of cyclic esters (lactones) is 1. The van der Waals surface area contributed by atoms with E-state index < -0.39 is 18.0 Å². The summed E-state index contributed by atoms with van der Waals surface area (Å²) in [6.45, 7) is 4.44. The molecule has 2 heterocycles. The maximum absolute atomic E-state index is 14.6. The van der Waals surface area contributed by atoms with Crippen molar-refractivity contribution < 1.29 is 28.7 Å². The molecule has 2 fully saturated rings. The van der Waals surface area contributed by atoms with Crippen molar-refractivity contribution in [3.05, 3.63) is 24.0 Å². The van der Waals surface area contributed by atoms with E-state index in [9.17, 15) is 19.2 Å². The molecule has 2 saturated heterocycles. The molecule has 166 valence electrons. The standard InChI is InChI=1S/C21H30FN3O5/c1-2-3-4-5-6-20(26)25(28)15-17-14-24(21(27)30-17)16-7-8-19(18(22)13-16)23-9-11-29-12-10-23/h7-8,13,17,28H,2-6,9-12,14-15H2,1H3/t17-/m1/s1. The molecule has 8 nitrogen and oxygen atoms in total. The van der Waals surface area contributed by atoms with Gasteiger partial charge in [-0.1, -0.05) is 26.2 Å². The van der Waals surface area contributed by atoms with Gasteiger partial charge in [0.15, 0.2) is 0 Å². The van der Waals surface area contributed by atoms with E-state index >= 15 is 0 Å². The number of hydrogen-bond donors (Lipinski definition) is 1. The fraction of sp³-hybridized carbons (Fsp3) is 0.619. The van der Waals surface area contributed by atoms with E-state index in [0.717, 1.165) is 25.7 Å². The Morgan fingerprint density at radius 1 is 1.27 bits per heavy atom. The van der Waals surface area contributed by atoms with Crippen molar-refractivity contribution in [1.82, 2.24) is 5.06 Å². The Morgan fingerprint density at radius 2 is 2.03 bits per heavy atom. The molecule has 1 aromatic carbocycles. The van der Waals surface area contributed by atoms with Crippen LogP contribution in [-0.2, 0) is 14.3 Å². The number of ether oxygens (including phenoxy) is 2. The molecular formula is C21H30FN3O5. The van der Waals surface area contributed by atoms with Gasteiger partial charge in [-0.05, 0) is 24.6 Å². The first-order valence-electron chi connectivity index (χ1n) is 10.6. The zero-order valence-electron chi connectivity index (χ0n) is 17.4. The van der Waals surface area contributed by atoms with Gasteiger partial charge in [0.05, 0.1) is 37.7 Å². The van der Waals surface area contributed by atoms with Crippen molar-refractivity contribution in [3.8, 4) is 0 Å². The zero-order chi connectivity index (χ0) is 21.5. The number of benzene rings is 1. The Labute approximate surface area is 176 Å². The smallest absolute Gasteiger partial charge is 0.414 e. The first kappa shape index (κ1) is 22.3. The molecule has 0 radical (unpaired) electrons. The number of carbonyl (C=O) groups excluding carboxylic acids is 2. The third-order valence-corrected chi connectivity index (χ3v) is 5.38. The minimum Gasteiger partial charge on any atom is -0.442 e. The maximum Gasteiger partial charge on any atom is 0.414 e. The van der Waals surface area contributed by atoms with Crippen molar-refractivity contribution in [3.63, 3.8) is 0 Å². The van der Waals surface area contributed by atoms with E-state index in [1.54, 1.807) is 12.1 Å². The van der Waals surface area contributed by atoms with Gasteiger partial charge >= 0.3 is 6.09 Å². The number of unbranched alkanes of at least 4 members (excludes halogenated alkanes) is 3. The first-order chi connectivity index (χ1) is 14.5. The lowest BCUT2D eigenvalue weighted by Gasteiger charge is -2.29. The van der Waals surface area contributed by atoms with Gasteiger partial charge in [0.25, 0.3) is 0 Å². The van der Waals surface area contributed by atoms with Crippen molar-refractivity contribution in [1.29, 1.82) is 0 Å². The van der Waals surface area contributed by atoms with E-state index in [1.165, 1.54) is 11.0 Å². The number of amides is 2. The molecule has 0 spiro atoms. The summed E-state index contributed by atoms with van der Waals surface area (Å²) in [5.41, 5.74) is 0.855. The average molecular weight is 423 g/mol. The summed E-state index contributed by atoms with van der Waals surface area (Å²) in [5.74, 6) is -0.807. The van der Waals surface area contributed by atoms with E-state index in [0.29, 0.717) is 42.7 Å². The van der Waals surface area contributed by atoms with Crippen molar-refractivity contribution in [2.45, 2.75) is 45.1 Å². The number of hydrogen-bond acceptors (Lipinski definition) is 6. The summed E-state index contributed by atoms with van der Waals surface area (Å²) in [7, 11) is 0. The average Bonchev–Trinajstić information content (AvgIpc) is 3.11. The molecule has 1 N–H and O–H groups in total. The fourth-order valence-electron chi connectivity index (χ4n) is 3.68. The summed E-state index contributed by atoms with van der Waals surface area (Å²) in [5, 5.41) is 10.6. The van der Waals surface area contributed by atoms with Crippen molar-refractivity contribution >= 4 is 23.4 Å². The van der Waals surface area contributed by atoms with Crippen LogP contribution in [0.25, 0.3) is 0 Å². The predicted molar refractivity (Wildman–Crippen MR) is 109 cm³/mol. The molecule has 0 unspecified atom stereocenters. The molecular weight excluding hydrogens is 393 g/mol. The van der Waals surface area contributed by atoms with Gasteiger partial charge in [-0.3, -0.25) is 14.9 Å². The van der Waals surface area contributed by atoms with Crippen LogP contribution in [0.4, 0.5) is 20.6 Å². The molecule has 2 aliphatic rings. The Kier molecular flexibility index (Phi) is 7.87. The highest BCUT2D eigenvalue weighted by Gasteiger charge is 2.34. The van der Waals surface area contributed by atoms with Crippen LogP contribution in [0.2, 0.25) is 0 Å². The number of hydroxylamine groups is 2. The van der Waals surface area contributed by atoms with Crippen LogP contribution in [-0.4, -0.2) is 67.8 Å². The first-order valence-corrected chi connectivity index (χ1v) is 10.6. The SMILES string of the molecule is CCCCCCC(=O)N(O)C[C@H]1CN(c2ccc(N3CCOCC3)c(F)c2)C(=O)O1. The number of nitrogens with zero attached hydrogens (tertiary/aromatic N) is 3. The molecule has 1 atom stereocenters. The zero-order valence-corrected chi connectivity index (χ0v) is 17.4. The maximum atomic E-state index is 14.6. The van der Waals surface area contributed by atoms with Gasteiger partial charge in [0.2, 0.25) is 5.91 Å². The largest absolute Gasteiger partial charge is 0.442 e. The van der Waals surface area contributed by atoms with E-state index in [1.807, 2.05) is 4.90 Å². The van der Waals surface area contributed by atoms with Crippen LogP contribution >= 0.6 is 0 Å². The van der Waals surface area contributed by atoms with Crippen LogP contribution in [0, 0.1) is 5.82 Å². The molecule has 0 saturated carbocycles. The molecule has 0 aromatic heterocycles. The number of morpholine rings is 1. The second-order valence-corrected chi connectivity index (χ2v) is 7.64. The third kappa shape index (κ3) is 5.60. The monoisotopic (exact) mass is 423 g/mol. The van der Waals surface area contributed by atoms with Gasteiger partial charge in [-0.2, -0.15) is 0 Å². The van der Waals surface area contributed by atoms with Crippen LogP contribution in [0.5, 0.6) is 0 Å². The van der Waals surface area contributed by atoms with Crippen LogP contribution in [0.15, 0.2) is 18.2 Å². The van der Waals surface area contributed by atoms with Gasteiger partial charge in [0, 0.05) is 19.5 Å². The third-order valence-electron chi connectivity index (χ3n) is 5.38. The van der Waals surface area contributed by atoms with Crippen LogP contribution < -0.4 is 9.80 Å². The number of carbonyl (C=O) groups is 2. The normalized spacial score (nSPS) is 19.2. The Hall–Kier alpha value is -2.39. The van der Waals surface area contributed by atoms with E-state index in [4.69, 9.17) is 9.47 Å². The Balaban J connectivity index is 1.55. The Morgan fingerprint density at radius 3 is 2.73 bits per heavy atom. The molecule has 2 amide bonds. The summed E-state index contributed by atoms with van der Waals surface area (Å²) in [6.07, 6.45) is 2.73. The van der Waals surface area contributed by atoms with Crippen LogP contribution in [0.3, 0.4) is 0 Å². The van der Waals surface area contributed by atoms with Gasteiger partial charge in [-0.25, -0.2) is 14.2 Å². The highest BCUT2D eigenvalue weighted by molar-refractivity contribution is 5.90. The van der Waals surface area contributed by atoms with Crippen molar-refractivity contribution in [2.75, 3.05) is 49.2 Å². The lowest BCUT2D eigenvalue weighted by atomic mass is 10.1. The van der Waals surface area contributed by atoms with Gasteiger partial charge in [0.1, 0.15) is 11.9 Å². The lowest BCUT2D eigenvalue weighted by molar-refractivity contribution is -0.169. The molecule has 0 aliphatic carbocycles. The molecule has 30 heavy (non-hydrogen) atoms. The van der Waals surface area contributed by atoms with Crippen molar-refractivity contribution in [2.24, 2.45) is 0 Å². The fourth-order valence-corrected chi connectivity index (χ4v) is 3.68. The second-order valence-electron chi connectivity index (χ2n) is 7.64. The highest BCUT2D eigenvalue weighted by atomic mass is 19.1. The van der Waals surface area contributed by atoms with E-state index in [-0.39, 0.29) is 25.4 Å². The minimum absolute atomic E-state index is 0.108. The molecule has 0 bridgehead atoms. The van der Waals surface area contributed by atoms with E-state index in [2.05, 4.69) is 6.92 Å². The topological polar surface area (TPSA) is 82.6 Å². The summed E-state index contributed by atoms with van der Waals surface area (Å²) < 4.78 is 25.2. The minimum atomic E-state index is -0.677. The summed E-state index contributed by atoms with van der Waals surface area (Å²) in [4.78, 5) is 27.5. The predicted octanol–water partition coefficient (Wildman–Crippen LogP) is 3.18. The van der Waals surface area contributed by atoms with Gasteiger partial charge < -0.3 is 14.4 Å². The molecule has 2 aliphatic heterocycles. The lowest BCUT2D eigenvalue weighted by Crippen LogP contribution is -2.37. The Bertz CT molecular complexity index is 741. The number of halogens is 1. The molecule has 3 rings (SSSR count).